The third-order valence-electron chi connectivity index (χ3n) is 3.86. The molecule has 6 heteroatoms. The van der Waals surface area contributed by atoms with Gasteiger partial charge >= 0.3 is 0 Å². The van der Waals surface area contributed by atoms with Crippen LogP contribution in [0.5, 0.6) is 0 Å². The number of hydrogen-bond acceptors (Lipinski definition) is 5. The summed E-state index contributed by atoms with van der Waals surface area (Å²) in [6.45, 7) is 0.608. The molecule has 21 heavy (non-hydrogen) atoms. The van der Waals surface area contributed by atoms with Crippen LogP contribution >= 0.6 is 0 Å². The molecule has 0 amide bonds. The van der Waals surface area contributed by atoms with Crippen LogP contribution in [-0.4, -0.2) is 25.1 Å². The van der Waals surface area contributed by atoms with E-state index in [1.165, 1.54) is 18.4 Å². The Morgan fingerprint density at radius 1 is 1.14 bits per heavy atom. The molecule has 1 aliphatic carbocycles. The molecule has 0 atom stereocenters. The van der Waals surface area contributed by atoms with Crippen molar-refractivity contribution in [3.63, 3.8) is 0 Å². The van der Waals surface area contributed by atoms with E-state index in [-0.39, 0.29) is 0 Å². The van der Waals surface area contributed by atoms with Crippen LogP contribution in [0.15, 0.2) is 35.2 Å². The van der Waals surface area contributed by atoms with Crippen LogP contribution in [0, 0.1) is 0 Å². The predicted octanol–water partition coefficient (Wildman–Crippen LogP) is 2.26. The Bertz CT molecular complexity index is 747. The van der Waals surface area contributed by atoms with Crippen molar-refractivity contribution in [3.8, 4) is 11.3 Å². The summed E-state index contributed by atoms with van der Waals surface area (Å²) in [5.41, 5.74) is 4.10. The highest BCUT2D eigenvalue weighted by Gasteiger charge is 2.19. The minimum absolute atomic E-state index is 0.608. The van der Waals surface area contributed by atoms with Crippen molar-refractivity contribution in [2.24, 2.45) is 0 Å². The molecule has 0 unspecified atom stereocenters. The number of aryl methyl sites for hydroxylation is 1. The molecule has 106 valence electrons. The van der Waals surface area contributed by atoms with Gasteiger partial charge in [-0.05, 0) is 31.4 Å². The van der Waals surface area contributed by atoms with Gasteiger partial charge in [0.15, 0.2) is 0 Å². The number of nitrogens with zero attached hydrogens (tertiary/aromatic N) is 5. The first-order valence-electron chi connectivity index (χ1n) is 7.17. The first-order chi connectivity index (χ1) is 10.4. The van der Waals surface area contributed by atoms with Gasteiger partial charge in [0.25, 0.3) is 0 Å². The van der Waals surface area contributed by atoms with Crippen LogP contribution in [0.25, 0.3) is 11.3 Å². The Morgan fingerprint density at radius 3 is 2.90 bits per heavy atom. The molecule has 0 spiro atoms. The molecule has 0 fully saturated rings. The van der Waals surface area contributed by atoms with Gasteiger partial charge in [-0.25, -0.2) is 4.68 Å². The summed E-state index contributed by atoms with van der Waals surface area (Å²) in [4.78, 5) is 4.01. The van der Waals surface area contributed by atoms with Gasteiger partial charge in [0, 0.05) is 29.9 Å². The summed E-state index contributed by atoms with van der Waals surface area (Å²) in [5.74, 6) is 1.05. The summed E-state index contributed by atoms with van der Waals surface area (Å²) in [7, 11) is 0. The van der Waals surface area contributed by atoms with E-state index in [1.807, 2.05) is 23.0 Å². The van der Waals surface area contributed by atoms with Crippen LogP contribution in [0.3, 0.4) is 0 Å². The van der Waals surface area contributed by atoms with Crippen molar-refractivity contribution in [1.82, 2.24) is 25.1 Å². The zero-order valence-corrected chi connectivity index (χ0v) is 11.6. The highest BCUT2D eigenvalue weighted by molar-refractivity contribution is 5.56. The van der Waals surface area contributed by atoms with E-state index in [4.69, 9.17) is 4.52 Å². The molecule has 3 aromatic heterocycles. The lowest BCUT2D eigenvalue weighted by molar-refractivity contribution is 0.366. The second-order valence-electron chi connectivity index (χ2n) is 5.28. The largest absolute Gasteiger partial charge is 0.361 e. The van der Waals surface area contributed by atoms with Gasteiger partial charge in [-0.3, -0.25) is 4.98 Å². The Morgan fingerprint density at radius 2 is 2.00 bits per heavy atom. The minimum Gasteiger partial charge on any atom is -0.361 e. The molecule has 0 bridgehead atoms. The fraction of sp³-hybridized carbons (Fsp3) is 0.333. The third kappa shape index (κ3) is 2.33. The number of pyridine rings is 1. The van der Waals surface area contributed by atoms with Crippen molar-refractivity contribution in [2.75, 3.05) is 0 Å². The lowest BCUT2D eigenvalue weighted by Gasteiger charge is -2.08. The maximum absolute atomic E-state index is 5.43. The number of hydrogen-bond donors (Lipinski definition) is 0. The highest BCUT2D eigenvalue weighted by Crippen LogP contribution is 2.24. The average molecular weight is 281 g/mol. The van der Waals surface area contributed by atoms with Crippen molar-refractivity contribution < 1.29 is 4.52 Å². The summed E-state index contributed by atoms with van der Waals surface area (Å²) in [6, 6.07) is 3.85. The summed E-state index contributed by atoms with van der Waals surface area (Å²) in [5, 5.41) is 12.6. The number of fused-ring (bicyclic) bond motifs is 1. The zero-order valence-electron chi connectivity index (χ0n) is 11.6. The van der Waals surface area contributed by atoms with E-state index in [2.05, 4.69) is 20.5 Å². The quantitative estimate of drug-likeness (QED) is 0.736. The Kier molecular flexibility index (Phi) is 2.99. The Hall–Kier alpha value is -2.50. The molecular weight excluding hydrogens is 266 g/mol. The van der Waals surface area contributed by atoms with Gasteiger partial charge in [0.05, 0.1) is 12.7 Å². The molecular formula is C15H15N5O. The Balaban J connectivity index is 1.58. The van der Waals surface area contributed by atoms with Crippen molar-refractivity contribution in [3.05, 3.63) is 47.7 Å². The maximum Gasteiger partial charge on any atom is 0.140 e. The molecule has 3 aromatic rings. The monoisotopic (exact) mass is 281 g/mol. The molecule has 6 nitrogen and oxygen atoms in total. The lowest BCUT2D eigenvalue weighted by Crippen LogP contribution is -2.06. The molecule has 1 aliphatic rings. The molecule has 0 N–H and O–H groups in total. The van der Waals surface area contributed by atoms with Crippen LogP contribution in [0.2, 0.25) is 0 Å². The number of aromatic nitrogens is 5. The van der Waals surface area contributed by atoms with Gasteiger partial charge in [-0.15, -0.1) is 5.10 Å². The third-order valence-corrected chi connectivity index (χ3v) is 3.86. The van der Waals surface area contributed by atoms with Crippen LogP contribution < -0.4 is 0 Å². The molecule has 0 aliphatic heterocycles. The van der Waals surface area contributed by atoms with Gasteiger partial charge in [-0.1, -0.05) is 10.4 Å². The Labute approximate surface area is 121 Å². The van der Waals surface area contributed by atoms with E-state index in [0.29, 0.717) is 6.54 Å². The SMILES string of the molecule is c1cc(-c2cn(Cc3noc4c3CCCC4)nn2)ccn1. The minimum atomic E-state index is 0.608. The maximum atomic E-state index is 5.43. The summed E-state index contributed by atoms with van der Waals surface area (Å²) in [6.07, 6.45) is 9.89. The molecule has 4 rings (SSSR count). The molecule has 0 aromatic carbocycles. The van der Waals surface area contributed by atoms with Gasteiger partial charge in [0.2, 0.25) is 0 Å². The van der Waals surface area contributed by atoms with E-state index in [1.54, 1.807) is 12.4 Å². The second kappa shape index (κ2) is 5.12. The molecule has 0 saturated carbocycles. The van der Waals surface area contributed by atoms with Gasteiger partial charge in [-0.2, -0.15) is 0 Å². The fourth-order valence-electron chi connectivity index (χ4n) is 2.76. The van der Waals surface area contributed by atoms with Gasteiger partial charge < -0.3 is 4.52 Å². The van der Waals surface area contributed by atoms with Gasteiger partial charge in [0.1, 0.15) is 17.1 Å². The first kappa shape index (κ1) is 12.3. The second-order valence-corrected chi connectivity index (χ2v) is 5.28. The average Bonchev–Trinajstić information content (AvgIpc) is 3.17. The van der Waals surface area contributed by atoms with E-state index < -0.39 is 0 Å². The van der Waals surface area contributed by atoms with Crippen molar-refractivity contribution >= 4 is 0 Å². The predicted molar refractivity (Wildman–Crippen MR) is 75.5 cm³/mol. The summed E-state index contributed by atoms with van der Waals surface area (Å²) >= 11 is 0. The fourth-order valence-corrected chi connectivity index (χ4v) is 2.76. The topological polar surface area (TPSA) is 69.6 Å². The standard InChI is InChI=1S/C15H15N5O/c1-2-4-15-12(3-1)14(18-21-15)10-20-9-13(17-19-20)11-5-7-16-8-6-11/h5-9H,1-4,10H2. The van der Waals surface area contributed by atoms with Crippen molar-refractivity contribution in [1.29, 1.82) is 0 Å². The first-order valence-corrected chi connectivity index (χ1v) is 7.17. The van der Waals surface area contributed by atoms with E-state index in [0.717, 1.165) is 35.6 Å². The van der Waals surface area contributed by atoms with Crippen LogP contribution in [-0.2, 0) is 19.4 Å². The van der Waals surface area contributed by atoms with Crippen molar-refractivity contribution in [2.45, 2.75) is 32.2 Å². The normalized spacial score (nSPS) is 14.1. The van der Waals surface area contributed by atoms with Crippen LogP contribution in [0.4, 0.5) is 0 Å². The molecule has 0 radical (unpaired) electrons. The van der Waals surface area contributed by atoms with E-state index in [9.17, 15) is 0 Å². The molecule has 0 saturated heterocycles. The van der Waals surface area contributed by atoms with Crippen LogP contribution in [0.1, 0.15) is 29.9 Å². The highest BCUT2D eigenvalue weighted by atomic mass is 16.5. The lowest BCUT2D eigenvalue weighted by atomic mass is 9.96. The smallest absolute Gasteiger partial charge is 0.140 e. The van der Waals surface area contributed by atoms with E-state index >= 15 is 0 Å². The summed E-state index contributed by atoms with van der Waals surface area (Å²) < 4.78 is 7.24. The zero-order chi connectivity index (χ0) is 14.1. The number of rotatable bonds is 3. The molecule has 3 heterocycles.